The Kier molecular flexibility index (Phi) is 13.4. The van der Waals surface area contributed by atoms with Crippen LogP contribution in [0.5, 0.6) is 0 Å². The summed E-state index contributed by atoms with van der Waals surface area (Å²) in [5, 5.41) is 2.51. The summed E-state index contributed by atoms with van der Waals surface area (Å²) in [6.45, 7) is 6.31. The molecule has 0 radical (unpaired) electrons. The summed E-state index contributed by atoms with van der Waals surface area (Å²) in [7, 11) is -6.68. The molecule has 2 aliphatic heterocycles. The summed E-state index contributed by atoms with van der Waals surface area (Å²) in [6.07, 6.45) is 1.28. The number of amides is 4. The van der Waals surface area contributed by atoms with E-state index in [0.29, 0.717) is 23.0 Å². The second kappa shape index (κ2) is 18.2. The molecule has 0 unspecified atom stereocenters. The highest BCUT2D eigenvalue weighted by molar-refractivity contribution is 7.86. The number of alkyl carbamates (subject to hydrolysis) is 2. The Hall–Kier alpha value is -5.84. The molecule has 334 valence electrons. The molecule has 2 aliphatic rings. The number of carbonyl (C=O) groups excluding carboxylic acids is 4. The Morgan fingerprint density at radius 3 is 1.24 bits per heavy atom. The zero-order valence-corrected chi connectivity index (χ0v) is 36.4. The van der Waals surface area contributed by atoms with E-state index in [1.54, 1.807) is 40.1 Å². The topological polar surface area (TPSA) is 283 Å². The van der Waals surface area contributed by atoms with E-state index in [1.807, 2.05) is 48.5 Å². The number of likely N-dealkylation sites (tertiary alicyclic amines) is 2. The first kappa shape index (κ1) is 45.7. The minimum absolute atomic E-state index is 0.114. The summed E-state index contributed by atoms with van der Waals surface area (Å²) in [5.41, 5.74) is 4.45. The Morgan fingerprint density at radius 1 is 0.629 bits per heavy atom. The number of H-pyrrole nitrogens is 2. The molecule has 6 N–H and O–H groups in total. The maximum absolute atomic E-state index is 13.7. The number of aromatic nitrogens is 4. The first-order valence-electron chi connectivity index (χ1n) is 19.7. The van der Waals surface area contributed by atoms with Crippen LogP contribution in [0.4, 0.5) is 9.59 Å². The van der Waals surface area contributed by atoms with Gasteiger partial charge in [-0.15, -0.1) is 0 Å². The van der Waals surface area contributed by atoms with Crippen LogP contribution < -0.4 is 10.6 Å². The van der Waals surface area contributed by atoms with Gasteiger partial charge in [-0.2, -0.15) is 16.8 Å². The number of nitrogens with one attached hydrogen (secondary N) is 4. The fraction of sp³-hybridized carbons (Fsp3) is 0.450. The van der Waals surface area contributed by atoms with Crippen LogP contribution >= 0.6 is 0 Å². The standard InChI is InChI=1S/C40H50N8O12S2/c1-21(2)33(45-39(51)59-5)37(49)47-19-27(61(53,54)55)15-31(47)35-41-17-29(43-35)25-11-7-23(8-12-25)24-9-13-26(14-10-24)30-18-42-36(44-30)32-16-28(62(56,57)58)20-48(32)38(50)34(22(3)4)46-40(52)60-6/h7-14,17-18,21-22,27-28,31-34H,15-16,19-20H2,1-6H3,(H,41,43)(H,42,44)(H,45,51)(H,46,52)(H,53,54,55)(H,56,57,58)/t27-,28-,31-,32-,33-,34-/m0/s1. The van der Waals surface area contributed by atoms with Gasteiger partial charge in [-0.3, -0.25) is 18.7 Å². The van der Waals surface area contributed by atoms with Gasteiger partial charge in [-0.1, -0.05) is 76.2 Å². The fourth-order valence-electron chi connectivity index (χ4n) is 7.78. The van der Waals surface area contributed by atoms with E-state index < -0.39 is 78.9 Å². The number of hydrogen-bond acceptors (Lipinski definition) is 12. The number of benzene rings is 2. The molecule has 4 heterocycles. The molecule has 2 aromatic carbocycles. The van der Waals surface area contributed by atoms with Gasteiger partial charge >= 0.3 is 12.2 Å². The third kappa shape index (κ3) is 9.93. The minimum atomic E-state index is -4.51. The van der Waals surface area contributed by atoms with Gasteiger partial charge in [-0.05, 0) is 46.9 Å². The van der Waals surface area contributed by atoms with Gasteiger partial charge in [0.15, 0.2) is 0 Å². The lowest BCUT2D eigenvalue weighted by atomic mass is 10.0. The monoisotopic (exact) mass is 898 g/mol. The first-order chi connectivity index (χ1) is 29.2. The fourth-order valence-corrected chi connectivity index (χ4v) is 9.33. The molecule has 4 aromatic rings. The molecule has 0 spiro atoms. The van der Waals surface area contributed by atoms with E-state index >= 15 is 0 Å². The summed E-state index contributed by atoms with van der Waals surface area (Å²) in [6, 6.07) is 11.4. The molecule has 2 fully saturated rings. The number of carbonyl (C=O) groups is 4. The van der Waals surface area contributed by atoms with E-state index in [4.69, 9.17) is 0 Å². The minimum Gasteiger partial charge on any atom is -0.453 e. The van der Waals surface area contributed by atoms with Crippen LogP contribution in [0.2, 0.25) is 0 Å². The van der Waals surface area contributed by atoms with Gasteiger partial charge in [0.1, 0.15) is 34.2 Å². The number of aromatic amines is 2. The lowest BCUT2D eigenvalue weighted by Gasteiger charge is -2.29. The van der Waals surface area contributed by atoms with Crippen molar-refractivity contribution in [2.75, 3.05) is 27.3 Å². The molecular weight excluding hydrogens is 849 g/mol. The second-order valence-corrected chi connectivity index (χ2v) is 19.4. The molecule has 0 bridgehead atoms. The van der Waals surface area contributed by atoms with Crippen LogP contribution in [-0.4, -0.2) is 130 Å². The Labute approximate surface area is 358 Å². The predicted molar refractivity (Wildman–Crippen MR) is 224 cm³/mol. The number of nitrogens with zero attached hydrogens (tertiary/aromatic N) is 4. The molecule has 6 atom stereocenters. The largest absolute Gasteiger partial charge is 0.453 e. The van der Waals surface area contributed by atoms with Gasteiger partial charge in [0.2, 0.25) is 11.8 Å². The normalized spacial score (nSPS) is 20.3. The van der Waals surface area contributed by atoms with Crippen molar-refractivity contribution in [3.05, 3.63) is 72.6 Å². The molecule has 0 saturated carbocycles. The van der Waals surface area contributed by atoms with Gasteiger partial charge in [0.05, 0.1) is 50.1 Å². The number of hydrogen-bond donors (Lipinski definition) is 6. The summed E-state index contributed by atoms with van der Waals surface area (Å²) in [4.78, 5) is 69.5. The average molecular weight is 899 g/mol. The number of imidazole rings is 2. The number of rotatable bonds is 13. The zero-order chi connectivity index (χ0) is 45.3. The molecule has 22 heteroatoms. The molecule has 2 aromatic heterocycles. The molecule has 4 amide bonds. The maximum Gasteiger partial charge on any atom is 0.407 e. The zero-order valence-electron chi connectivity index (χ0n) is 34.8. The van der Waals surface area contributed by atoms with Crippen LogP contribution in [0, 0.1) is 11.8 Å². The lowest BCUT2D eigenvalue weighted by Crippen LogP contribution is -2.51. The van der Waals surface area contributed by atoms with Crippen LogP contribution in [-0.2, 0) is 39.3 Å². The van der Waals surface area contributed by atoms with Crippen LogP contribution in [0.1, 0.15) is 64.3 Å². The Morgan fingerprint density at radius 2 is 0.952 bits per heavy atom. The van der Waals surface area contributed by atoms with Crippen molar-refractivity contribution in [3.8, 4) is 33.6 Å². The maximum atomic E-state index is 13.7. The van der Waals surface area contributed by atoms with E-state index in [9.17, 15) is 45.1 Å². The molecule has 20 nitrogen and oxygen atoms in total. The summed E-state index contributed by atoms with van der Waals surface area (Å²) in [5.74, 6) is -1.21. The molecule has 62 heavy (non-hydrogen) atoms. The van der Waals surface area contributed by atoms with E-state index in [2.05, 4.69) is 40.0 Å². The van der Waals surface area contributed by atoms with Crippen LogP contribution in [0.15, 0.2) is 60.9 Å². The van der Waals surface area contributed by atoms with Gasteiger partial charge < -0.3 is 39.9 Å². The number of methoxy groups -OCH3 is 2. The third-order valence-corrected chi connectivity index (χ3v) is 13.6. The first-order valence-corrected chi connectivity index (χ1v) is 22.7. The lowest BCUT2D eigenvalue weighted by molar-refractivity contribution is -0.136. The quantitative estimate of drug-likeness (QED) is 0.104. The Balaban J connectivity index is 1.18. The van der Waals surface area contributed by atoms with Gasteiger partial charge in [0, 0.05) is 13.1 Å². The van der Waals surface area contributed by atoms with Crippen molar-refractivity contribution in [1.29, 1.82) is 0 Å². The van der Waals surface area contributed by atoms with Crippen molar-refractivity contribution in [3.63, 3.8) is 0 Å². The Bertz CT molecular complexity index is 2330. The highest BCUT2D eigenvalue weighted by Gasteiger charge is 2.47. The SMILES string of the molecule is COC(=O)N[C@H](C(=O)N1C[C@@H](S(=O)(=O)O)C[C@H]1c1ncc(-c2ccc(-c3ccc(-c4cnc([C@@H]5C[C@H](S(=O)(=O)O)CN5C(=O)[C@@H](NC(=O)OC)C(C)C)[nH]4)cc3)cc2)[nH]1)C(C)C. The van der Waals surface area contributed by atoms with Crippen LogP contribution in [0.3, 0.4) is 0 Å². The second-order valence-electron chi connectivity index (χ2n) is 16.0. The van der Waals surface area contributed by atoms with Crippen LogP contribution in [0.25, 0.3) is 33.6 Å². The molecule has 2 saturated heterocycles. The smallest absolute Gasteiger partial charge is 0.407 e. The summed E-state index contributed by atoms with van der Waals surface area (Å²) < 4.78 is 78.0. The van der Waals surface area contributed by atoms with E-state index in [1.165, 1.54) is 24.0 Å². The van der Waals surface area contributed by atoms with Crippen molar-refractivity contribution in [2.45, 2.75) is 75.2 Å². The summed E-state index contributed by atoms with van der Waals surface area (Å²) >= 11 is 0. The predicted octanol–water partition coefficient (Wildman–Crippen LogP) is 3.95. The van der Waals surface area contributed by atoms with Crippen molar-refractivity contribution >= 4 is 44.2 Å². The molecule has 6 rings (SSSR count). The van der Waals surface area contributed by atoms with Crippen molar-refractivity contribution in [2.24, 2.45) is 11.8 Å². The van der Waals surface area contributed by atoms with Crippen molar-refractivity contribution in [1.82, 2.24) is 40.4 Å². The van der Waals surface area contributed by atoms with E-state index in [-0.39, 0.29) is 37.8 Å². The highest BCUT2D eigenvalue weighted by Crippen LogP contribution is 2.38. The van der Waals surface area contributed by atoms with Crippen molar-refractivity contribution < 1.29 is 54.6 Å². The number of ether oxygens (including phenoxy) is 2. The van der Waals surface area contributed by atoms with Gasteiger partial charge in [0.25, 0.3) is 20.2 Å². The third-order valence-electron chi connectivity index (χ3n) is 11.3. The highest BCUT2D eigenvalue weighted by atomic mass is 32.2. The molecule has 0 aliphatic carbocycles. The van der Waals surface area contributed by atoms with Gasteiger partial charge in [-0.25, -0.2) is 19.6 Å². The molecular formula is C40H50N8O12S2. The average Bonchev–Trinajstić information content (AvgIpc) is 4.06. The van der Waals surface area contributed by atoms with E-state index in [0.717, 1.165) is 22.3 Å².